The predicted molar refractivity (Wildman–Crippen MR) is 69.4 cm³/mol. The molecule has 0 saturated heterocycles. The zero-order chi connectivity index (χ0) is 13.5. The molecule has 0 saturated carbocycles. The van der Waals surface area contributed by atoms with Gasteiger partial charge in [0.1, 0.15) is 0 Å². The number of carbonyl (C=O) groups is 2. The van der Waals surface area contributed by atoms with E-state index in [0.29, 0.717) is 18.0 Å². The lowest BCUT2D eigenvalue weighted by Crippen LogP contribution is -2.31. The smallest absolute Gasteiger partial charge is 0.335 e. The summed E-state index contributed by atoms with van der Waals surface area (Å²) in [7, 11) is -0.959. The Kier molecular flexibility index (Phi) is 5.31. The summed E-state index contributed by atoms with van der Waals surface area (Å²) in [4.78, 5) is 22.1. The van der Waals surface area contributed by atoms with Gasteiger partial charge in [-0.3, -0.25) is 4.21 Å². The van der Waals surface area contributed by atoms with Crippen molar-refractivity contribution in [1.29, 1.82) is 0 Å². The minimum atomic E-state index is -1.06. The monoisotopic (exact) mass is 270 g/mol. The number of rotatable bonds is 5. The van der Waals surface area contributed by atoms with E-state index in [1.165, 1.54) is 12.1 Å². The highest BCUT2D eigenvalue weighted by Crippen LogP contribution is 2.10. The van der Waals surface area contributed by atoms with Crippen LogP contribution in [0.2, 0.25) is 0 Å². The Balaban J connectivity index is 2.51. The van der Waals surface area contributed by atoms with E-state index in [0.717, 1.165) is 0 Å². The Hall–Kier alpha value is -1.89. The second kappa shape index (κ2) is 6.75. The standard InChI is InChI=1S/C11H14N2O4S/c1-18(17)6-5-12-11(16)13-9-4-2-3-8(7-9)10(14)15/h2-4,7H,5-6H2,1H3,(H,14,15)(H2,12,13,16). The van der Waals surface area contributed by atoms with Crippen LogP contribution >= 0.6 is 0 Å². The molecule has 0 radical (unpaired) electrons. The molecule has 0 spiro atoms. The van der Waals surface area contributed by atoms with Crippen LogP contribution in [-0.4, -0.2) is 39.9 Å². The summed E-state index contributed by atoms with van der Waals surface area (Å²) >= 11 is 0. The van der Waals surface area contributed by atoms with Crippen molar-refractivity contribution in [3.8, 4) is 0 Å². The fraction of sp³-hybridized carbons (Fsp3) is 0.273. The van der Waals surface area contributed by atoms with Gasteiger partial charge in [0.2, 0.25) is 0 Å². The molecule has 0 aliphatic heterocycles. The number of carbonyl (C=O) groups excluding carboxylic acids is 1. The Bertz CT molecular complexity index is 476. The molecule has 3 N–H and O–H groups in total. The molecule has 0 aromatic heterocycles. The third-order valence-corrected chi connectivity index (χ3v) is 2.82. The molecule has 2 amide bonds. The second-order valence-corrected chi connectivity index (χ2v) is 5.10. The molecule has 1 aromatic rings. The van der Waals surface area contributed by atoms with E-state index in [-0.39, 0.29) is 5.56 Å². The molecule has 0 aliphatic carbocycles. The van der Waals surface area contributed by atoms with Crippen molar-refractivity contribution in [2.24, 2.45) is 0 Å². The van der Waals surface area contributed by atoms with Gasteiger partial charge in [0.05, 0.1) is 5.56 Å². The lowest BCUT2D eigenvalue weighted by Gasteiger charge is -2.07. The van der Waals surface area contributed by atoms with Crippen molar-refractivity contribution < 1.29 is 18.9 Å². The summed E-state index contributed by atoms with van der Waals surface area (Å²) in [5.74, 6) is -0.678. The van der Waals surface area contributed by atoms with Gasteiger partial charge in [-0.2, -0.15) is 0 Å². The number of urea groups is 1. The van der Waals surface area contributed by atoms with Crippen LogP contribution in [0.1, 0.15) is 10.4 Å². The number of amides is 2. The highest BCUT2D eigenvalue weighted by molar-refractivity contribution is 7.84. The molecule has 6 nitrogen and oxygen atoms in total. The molecule has 1 aromatic carbocycles. The van der Waals surface area contributed by atoms with Gasteiger partial charge >= 0.3 is 12.0 Å². The Labute approximate surface area is 107 Å². The number of hydrogen-bond acceptors (Lipinski definition) is 3. The largest absolute Gasteiger partial charge is 0.478 e. The number of carboxylic acids is 1. The lowest BCUT2D eigenvalue weighted by atomic mass is 10.2. The zero-order valence-corrected chi connectivity index (χ0v) is 10.6. The van der Waals surface area contributed by atoms with Crippen molar-refractivity contribution in [2.75, 3.05) is 23.9 Å². The van der Waals surface area contributed by atoms with Crippen LogP contribution in [0.5, 0.6) is 0 Å². The zero-order valence-electron chi connectivity index (χ0n) is 9.80. The van der Waals surface area contributed by atoms with E-state index in [2.05, 4.69) is 10.6 Å². The Morgan fingerprint density at radius 2 is 2.11 bits per heavy atom. The van der Waals surface area contributed by atoms with Crippen LogP contribution < -0.4 is 10.6 Å². The van der Waals surface area contributed by atoms with E-state index >= 15 is 0 Å². The maximum atomic E-state index is 11.4. The summed E-state index contributed by atoms with van der Waals surface area (Å²) in [6.07, 6.45) is 1.55. The van der Waals surface area contributed by atoms with Crippen LogP contribution in [0.3, 0.4) is 0 Å². The first-order valence-corrected chi connectivity index (χ1v) is 6.90. The minimum Gasteiger partial charge on any atom is -0.478 e. The first-order valence-electron chi connectivity index (χ1n) is 5.17. The fourth-order valence-electron chi connectivity index (χ4n) is 1.21. The van der Waals surface area contributed by atoms with Crippen LogP contribution in [0.25, 0.3) is 0 Å². The third kappa shape index (κ3) is 4.96. The average Bonchev–Trinajstić information content (AvgIpc) is 2.28. The molecule has 0 heterocycles. The topological polar surface area (TPSA) is 95.5 Å². The van der Waals surface area contributed by atoms with Crippen LogP contribution in [0.15, 0.2) is 24.3 Å². The summed E-state index contributed by atoms with van der Waals surface area (Å²) in [6.45, 7) is 0.299. The maximum Gasteiger partial charge on any atom is 0.335 e. The summed E-state index contributed by atoms with van der Waals surface area (Å²) in [5, 5.41) is 13.8. The molecule has 1 unspecified atom stereocenters. The summed E-state index contributed by atoms with van der Waals surface area (Å²) in [6, 6.07) is 5.47. The summed E-state index contributed by atoms with van der Waals surface area (Å²) in [5.41, 5.74) is 0.493. The van der Waals surface area contributed by atoms with Gasteiger partial charge in [0.15, 0.2) is 0 Å². The number of nitrogens with one attached hydrogen (secondary N) is 2. The predicted octanol–water partition coefficient (Wildman–Crippen LogP) is 0.885. The van der Waals surface area contributed by atoms with Crippen molar-refractivity contribution in [3.63, 3.8) is 0 Å². The number of carboxylic acid groups (broad SMARTS) is 1. The van der Waals surface area contributed by atoms with Gasteiger partial charge in [-0.25, -0.2) is 9.59 Å². The maximum absolute atomic E-state index is 11.4. The Morgan fingerprint density at radius 1 is 1.39 bits per heavy atom. The first kappa shape index (κ1) is 14.2. The second-order valence-electron chi connectivity index (χ2n) is 3.54. The van der Waals surface area contributed by atoms with Gasteiger partial charge < -0.3 is 15.7 Å². The Morgan fingerprint density at radius 3 is 2.72 bits per heavy atom. The van der Waals surface area contributed by atoms with Crippen LogP contribution in [-0.2, 0) is 10.8 Å². The van der Waals surface area contributed by atoms with Gasteiger partial charge in [0, 0.05) is 35.0 Å². The number of benzene rings is 1. The molecule has 0 fully saturated rings. The molecule has 1 atom stereocenters. The van der Waals surface area contributed by atoms with E-state index < -0.39 is 22.8 Å². The molecule has 1 rings (SSSR count). The molecular weight excluding hydrogens is 256 g/mol. The van der Waals surface area contributed by atoms with Gasteiger partial charge in [-0.1, -0.05) is 6.07 Å². The first-order chi connectivity index (χ1) is 8.49. The normalized spacial score (nSPS) is 11.6. The highest BCUT2D eigenvalue weighted by atomic mass is 32.2. The number of aromatic carboxylic acids is 1. The SMILES string of the molecule is CS(=O)CCNC(=O)Nc1cccc(C(=O)O)c1. The van der Waals surface area contributed by atoms with Gasteiger partial charge in [-0.15, -0.1) is 0 Å². The van der Waals surface area contributed by atoms with E-state index in [1.54, 1.807) is 18.4 Å². The molecule has 0 bridgehead atoms. The van der Waals surface area contributed by atoms with Crippen molar-refractivity contribution in [2.45, 2.75) is 0 Å². The molecule has 0 aliphatic rings. The molecule has 7 heteroatoms. The minimum absolute atomic E-state index is 0.0995. The quantitative estimate of drug-likeness (QED) is 0.740. The van der Waals surface area contributed by atoms with Crippen LogP contribution in [0.4, 0.5) is 10.5 Å². The van der Waals surface area contributed by atoms with Crippen molar-refractivity contribution >= 4 is 28.5 Å². The average molecular weight is 270 g/mol. The third-order valence-electron chi connectivity index (χ3n) is 2.04. The van der Waals surface area contributed by atoms with Gasteiger partial charge in [0.25, 0.3) is 0 Å². The van der Waals surface area contributed by atoms with E-state index in [4.69, 9.17) is 5.11 Å². The summed E-state index contributed by atoms with van der Waals surface area (Å²) < 4.78 is 10.8. The molecule has 98 valence electrons. The van der Waals surface area contributed by atoms with Crippen LogP contribution in [0, 0.1) is 0 Å². The number of anilines is 1. The molecule has 18 heavy (non-hydrogen) atoms. The lowest BCUT2D eigenvalue weighted by molar-refractivity contribution is 0.0697. The number of hydrogen-bond donors (Lipinski definition) is 3. The van der Waals surface area contributed by atoms with E-state index in [9.17, 15) is 13.8 Å². The van der Waals surface area contributed by atoms with Gasteiger partial charge in [-0.05, 0) is 18.2 Å². The van der Waals surface area contributed by atoms with Crippen molar-refractivity contribution in [3.05, 3.63) is 29.8 Å². The fourth-order valence-corrected chi connectivity index (χ4v) is 1.60. The molecular formula is C11H14N2O4S. The van der Waals surface area contributed by atoms with Crippen molar-refractivity contribution in [1.82, 2.24) is 5.32 Å². The van der Waals surface area contributed by atoms with E-state index in [1.807, 2.05) is 0 Å². The highest BCUT2D eigenvalue weighted by Gasteiger charge is 2.05.